The Kier molecular flexibility index (Phi) is 13.8. The molecule has 286 valence electrons. The van der Waals surface area contributed by atoms with E-state index < -0.39 is 63.6 Å². The van der Waals surface area contributed by atoms with E-state index in [0.29, 0.717) is 12.1 Å². The Balaban J connectivity index is 1.93. The first kappa shape index (κ1) is 42.5. The van der Waals surface area contributed by atoms with Gasteiger partial charge in [-0.2, -0.15) is 0 Å². The van der Waals surface area contributed by atoms with Gasteiger partial charge in [0.1, 0.15) is 18.1 Å². The summed E-state index contributed by atoms with van der Waals surface area (Å²) in [7, 11) is 0. The Hall–Kier alpha value is -3.90. The molecule has 2 aromatic rings. The number of benzene rings is 2. The van der Waals surface area contributed by atoms with E-state index >= 15 is 0 Å². The highest BCUT2D eigenvalue weighted by molar-refractivity contribution is 8.00. The van der Waals surface area contributed by atoms with Gasteiger partial charge >= 0.3 is 0 Å². The maximum atomic E-state index is 14.3. The molecule has 0 bridgehead atoms. The van der Waals surface area contributed by atoms with E-state index in [4.69, 9.17) is 0 Å². The molecule has 0 aliphatic carbocycles. The maximum absolute atomic E-state index is 14.3. The standard InChI is InChI=1S/C40H59N5O6S/c1-37(2,3)23-41-34(49)31-40(10,11)52-24-45(31)35(50)29(46)27(22-25-18-14-12-15-19-25)42-33(48)30(38(4,5)6)44-32(47)28(26-20-16-13-17-21-26)43-36(51)39(7,8)9/h12-21,27-31,46H,22-24H2,1-11H3,(H,41,49)(H,42,48)(H,43,51)(H,44,47)/t27-,28-,29-,30+,31+/m0/s1. The third-order valence-corrected chi connectivity index (χ3v) is 10.3. The number of rotatable bonds is 12. The summed E-state index contributed by atoms with van der Waals surface area (Å²) >= 11 is 1.44. The molecule has 0 radical (unpaired) electrons. The number of thioether (sulfide) groups is 1. The summed E-state index contributed by atoms with van der Waals surface area (Å²) in [5, 5.41) is 23.3. The molecule has 1 fully saturated rings. The van der Waals surface area contributed by atoms with E-state index in [1.807, 2.05) is 65.0 Å². The molecule has 3 rings (SSSR count). The molecule has 0 spiro atoms. The first-order valence-electron chi connectivity index (χ1n) is 17.8. The number of hydrogen-bond donors (Lipinski definition) is 5. The molecule has 1 aliphatic rings. The molecule has 0 aromatic heterocycles. The van der Waals surface area contributed by atoms with Crippen molar-refractivity contribution < 1.29 is 29.1 Å². The summed E-state index contributed by atoms with van der Waals surface area (Å²) in [6.45, 7) is 20.8. The van der Waals surface area contributed by atoms with Crippen LogP contribution in [0.4, 0.5) is 0 Å². The summed E-state index contributed by atoms with van der Waals surface area (Å²) in [5.41, 5.74) is -0.477. The van der Waals surface area contributed by atoms with Crippen molar-refractivity contribution >= 4 is 41.3 Å². The summed E-state index contributed by atoms with van der Waals surface area (Å²) in [6, 6.07) is 13.8. The van der Waals surface area contributed by atoms with Crippen LogP contribution in [0.1, 0.15) is 93.3 Å². The zero-order valence-electron chi connectivity index (χ0n) is 32.6. The fourth-order valence-electron chi connectivity index (χ4n) is 5.77. The average Bonchev–Trinajstić information content (AvgIpc) is 3.37. The molecular weight excluding hydrogens is 679 g/mol. The fourth-order valence-corrected chi connectivity index (χ4v) is 6.91. The maximum Gasteiger partial charge on any atom is 0.254 e. The first-order chi connectivity index (χ1) is 23.9. The molecule has 5 atom stereocenters. The SMILES string of the molecule is CC(C)(C)CNC(=O)[C@H]1N(C(=O)[C@@H](O)[C@H](Cc2ccccc2)NC(=O)[C@@H](NC(=O)[C@@H](NC(=O)C(C)(C)C)c2ccccc2)C(C)(C)C)CSC1(C)C. The highest BCUT2D eigenvalue weighted by Gasteiger charge is 2.50. The molecule has 5 N–H and O–H groups in total. The highest BCUT2D eigenvalue weighted by Crippen LogP contribution is 2.40. The molecule has 11 nitrogen and oxygen atoms in total. The minimum absolute atomic E-state index is 0.101. The molecule has 1 saturated heterocycles. The van der Waals surface area contributed by atoms with Crippen molar-refractivity contribution in [2.24, 2.45) is 16.2 Å². The van der Waals surface area contributed by atoms with Crippen molar-refractivity contribution in [3.63, 3.8) is 0 Å². The van der Waals surface area contributed by atoms with Gasteiger partial charge in [0, 0.05) is 16.7 Å². The number of aliphatic hydroxyl groups excluding tert-OH is 1. The molecule has 0 saturated carbocycles. The number of nitrogens with one attached hydrogen (secondary N) is 4. The molecule has 1 heterocycles. The topological polar surface area (TPSA) is 157 Å². The van der Waals surface area contributed by atoms with Gasteiger partial charge in [-0.15, -0.1) is 11.8 Å². The second-order valence-electron chi connectivity index (χ2n) is 17.5. The summed E-state index contributed by atoms with van der Waals surface area (Å²) < 4.78 is -0.630. The minimum Gasteiger partial charge on any atom is -0.381 e. The number of carbonyl (C=O) groups is 5. The van der Waals surface area contributed by atoms with Crippen LogP contribution in [-0.4, -0.2) is 80.9 Å². The van der Waals surface area contributed by atoms with Gasteiger partial charge in [0.25, 0.3) is 5.91 Å². The van der Waals surface area contributed by atoms with Gasteiger partial charge in [-0.3, -0.25) is 24.0 Å². The number of nitrogens with zero attached hydrogens (tertiary/aromatic N) is 1. The number of amides is 5. The van der Waals surface area contributed by atoms with Gasteiger partial charge in [-0.05, 0) is 42.2 Å². The number of hydrogen-bond acceptors (Lipinski definition) is 7. The van der Waals surface area contributed by atoms with Gasteiger partial charge < -0.3 is 31.3 Å². The fraction of sp³-hybridized carbons (Fsp3) is 0.575. The number of carbonyl (C=O) groups excluding carboxylic acids is 5. The highest BCUT2D eigenvalue weighted by atomic mass is 32.2. The Morgan fingerprint density at radius 1 is 0.827 bits per heavy atom. The third kappa shape index (κ3) is 11.6. The third-order valence-electron chi connectivity index (χ3n) is 8.90. The second kappa shape index (κ2) is 16.8. The summed E-state index contributed by atoms with van der Waals surface area (Å²) in [6.07, 6.45) is -1.61. The molecule has 2 aromatic carbocycles. The van der Waals surface area contributed by atoms with E-state index in [2.05, 4.69) is 21.3 Å². The Morgan fingerprint density at radius 3 is 1.90 bits per heavy atom. The van der Waals surface area contributed by atoms with Crippen LogP contribution in [0.25, 0.3) is 0 Å². The van der Waals surface area contributed by atoms with Crippen LogP contribution < -0.4 is 21.3 Å². The number of aliphatic hydroxyl groups is 1. The van der Waals surface area contributed by atoms with Crippen molar-refractivity contribution in [1.82, 2.24) is 26.2 Å². The van der Waals surface area contributed by atoms with Crippen LogP contribution in [0, 0.1) is 16.2 Å². The molecular formula is C40H59N5O6S. The van der Waals surface area contributed by atoms with Crippen molar-refractivity contribution in [2.45, 2.75) is 118 Å². The largest absolute Gasteiger partial charge is 0.381 e. The van der Waals surface area contributed by atoms with Crippen molar-refractivity contribution in [1.29, 1.82) is 0 Å². The average molecular weight is 738 g/mol. The van der Waals surface area contributed by atoms with Gasteiger partial charge in [-0.1, -0.05) is 123 Å². The zero-order valence-corrected chi connectivity index (χ0v) is 33.4. The van der Waals surface area contributed by atoms with Gasteiger partial charge in [-0.25, -0.2) is 0 Å². The molecule has 5 amide bonds. The summed E-state index contributed by atoms with van der Waals surface area (Å²) in [4.78, 5) is 70.4. The van der Waals surface area contributed by atoms with Crippen LogP contribution >= 0.6 is 11.8 Å². The zero-order chi connectivity index (χ0) is 39.2. The van der Waals surface area contributed by atoms with Crippen molar-refractivity contribution in [3.8, 4) is 0 Å². The molecule has 1 aliphatic heterocycles. The van der Waals surface area contributed by atoms with Gasteiger partial charge in [0.15, 0.2) is 6.10 Å². The quantitative estimate of drug-likeness (QED) is 0.217. The normalized spacial score (nSPS) is 18.4. The van der Waals surface area contributed by atoms with E-state index in [9.17, 15) is 29.1 Å². The van der Waals surface area contributed by atoms with Crippen LogP contribution in [0.3, 0.4) is 0 Å². The van der Waals surface area contributed by atoms with E-state index in [1.165, 1.54) is 16.7 Å². The Morgan fingerprint density at radius 2 is 1.38 bits per heavy atom. The smallest absolute Gasteiger partial charge is 0.254 e. The van der Waals surface area contributed by atoms with Crippen LogP contribution in [0.15, 0.2) is 60.7 Å². The molecule has 0 unspecified atom stereocenters. The second-order valence-corrected chi connectivity index (χ2v) is 19.1. The van der Waals surface area contributed by atoms with Crippen molar-refractivity contribution in [2.75, 3.05) is 12.4 Å². The Bertz CT molecular complexity index is 1560. The monoisotopic (exact) mass is 737 g/mol. The lowest BCUT2D eigenvalue weighted by atomic mass is 9.85. The minimum atomic E-state index is -1.71. The van der Waals surface area contributed by atoms with Gasteiger partial charge in [0.05, 0.1) is 11.9 Å². The summed E-state index contributed by atoms with van der Waals surface area (Å²) in [5.74, 6) is -2.35. The van der Waals surface area contributed by atoms with Crippen LogP contribution in [0.5, 0.6) is 0 Å². The predicted molar refractivity (Wildman–Crippen MR) is 206 cm³/mol. The van der Waals surface area contributed by atoms with Gasteiger partial charge in [0.2, 0.25) is 23.6 Å². The predicted octanol–water partition coefficient (Wildman–Crippen LogP) is 4.35. The van der Waals surface area contributed by atoms with Crippen LogP contribution in [0.2, 0.25) is 0 Å². The molecule has 12 heteroatoms. The Labute approximate surface area is 313 Å². The van der Waals surface area contributed by atoms with E-state index in [1.54, 1.807) is 71.9 Å². The van der Waals surface area contributed by atoms with Crippen LogP contribution in [-0.2, 0) is 30.4 Å². The lowest BCUT2D eigenvalue weighted by Gasteiger charge is -2.36. The first-order valence-corrected chi connectivity index (χ1v) is 18.8. The van der Waals surface area contributed by atoms with E-state index in [0.717, 1.165) is 5.56 Å². The lowest BCUT2D eigenvalue weighted by Crippen LogP contribution is -2.62. The van der Waals surface area contributed by atoms with Crippen molar-refractivity contribution in [3.05, 3.63) is 71.8 Å². The van der Waals surface area contributed by atoms with E-state index in [-0.39, 0.29) is 29.5 Å². The molecule has 52 heavy (non-hydrogen) atoms. The lowest BCUT2D eigenvalue weighted by molar-refractivity contribution is -0.148.